The lowest BCUT2D eigenvalue weighted by atomic mass is 9.87. The molecule has 0 saturated heterocycles. The molecule has 4 nitrogen and oxygen atoms in total. The first-order chi connectivity index (χ1) is 8.96. The maximum atomic E-state index is 5.82. The second-order valence-electron chi connectivity index (χ2n) is 6.07. The summed E-state index contributed by atoms with van der Waals surface area (Å²) in [7, 11) is 0. The van der Waals surface area contributed by atoms with Gasteiger partial charge in [0.2, 0.25) is 5.88 Å². The van der Waals surface area contributed by atoms with Crippen molar-refractivity contribution in [3.63, 3.8) is 0 Å². The second-order valence-corrected chi connectivity index (χ2v) is 6.07. The average Bonchev–Trinajstić information content (AvgIpc) is 2.27. The van der Waals surface area contributed by atoms with E-state index in [4.69, 9.17) is 9.47 Å². The molecule has 0 bridgehead atoms. The Bertz CT molecular complexity index is 392. The summed E-state index contributed by atoms with van der Waals surface area (Å²) < 4.78 is 11.2. The van der Waals surface area contributed by atoms with Crippen LogP contribution in [0.5, 0.6) is 11.6 Å². The number of nitrogens with zero attached hydrogens (tertiary/aromatic N) is 1. The molecular formula is C15H24N2O2. The van der Waals surface area contributed by atoms with Gasteiger partial charge in [-0.1, -0.05) is 0 Å². The van der Waals surface area contributed by atoms with E-state index in [9.17, 15) is 0 Å². The van der Waals surface area contributed by atoms with Gasteiger partial charge in [-0.15, -0.1) is 0 Å². The van der Waals surface area contributed by atoms with Crippen molar-refractivity contribution >= 4 is 0 Å². The largest absolute Gasteiger partial charge is 0.492 e. The van der Waals surface area contributed by atoms with Crippen molar-refractivity contribution in [2.45, 2.75) is 58.2 Å². The van der Waals surface area contributed by atoms with Gasteiger partial charge in [-0.3, -0.25) is 0 Å². The highest BCUT2D eigenvalue weighted by Crippen LogP contribution is 2.27. The van der Waals surface area contributed by atoms with Gasteiger partial charge in [-0.25, -0.2) is 4.98 Å². The number of ether oxygens (including phenoxy) is 2. The first-order valence-corrected chi connectivity index (χ1v) is 6.99. The van der Waals surface area contributed by atoms with Crippen molar-refractivity contribution in [3.05, 3.63) is 18.3 Å². The zero-order chi connectivity index (χ0) is 13.9. The van der Waals surface area contributed by atoms with Crippen LogP contribution in [0, 0.1) is 0 Å². The Morgan fingerprint density at radius 3 is 2.58 bits per heavy atom. The molecule has 1 N–H and O–H groups in total. The van der Waals surface area contributed by atoms with Gasteiger partial charge in [0.05, 0.1) is 12.8 Å². The van der Waals surface area contributed by atoms with E-state index in [2.05, 4.69) is 31.1 Å². The van der Waals surface area contributed by atoms with Crippen molar-refractivity contribution in [1.29, 1.82) is 0 Å². The fourth-order valence-corrected chi connectivity index (χ4v) is 2.25. The first-order valence-electron chi connectivity index (χ1n) is 6.99. The molecule has 1 fully saturated rings. The van der Waals surface area contributed by atoms with Gasteiger partial charge >= 0.3 is 0 Å². The van der Waals surface area contributed by atoms with E-state index in [1.54, 1.807) is 6.20 Å². The summed E-state index contributed by atoms with van der Waals surface area (Å²) in [5.74, 6) is 1.47. The molecule has 1 aromatic heterocycles. The lowest BCUT2D eigenvalue weighted by Crippen LogP contribution is -2.53. The maximum absolute atomic E-state index is 5.82. The molecule has 0 spiro atoms. The number of aromatic nitrogens is 1. The highest BCUT2D eigenvalue weighted by molar-refractivity contribution is 5.23. The van der Waals surface area contributed by atoms with Crippen molar-refractivity contribution in [1.82, 2.24) is 10.3 Å². The molecule has 0 radical (unpaired) electrons. The summed E-state index contributed by atoms with van der Waals surface area (Å²) in [5, 5.41) is 3.58. The standard InChI is InChI=1S/C15H24N2O2/c1-5-18-12-6-7-14(16-10-12)19-13-8-11(9-13)17-15(2,3)4/h6-7,10-11,13,17H,5,8-9H2,1-4H3/t11-,13-. The van der Waals surface area contributed by atoms with E-state index >= 15 is 0 Å². The van der Waals surface area contributed by atoms with Crippen molar-refractivity contribution in [3.8, 4) is 11.6 Å². The van der Waals surface area contributed by atoms with Crippen LogP contribution in [0.1, 0.15) is 40.5 Å². The van der Waals surface area contributed by atoms with Crippen molar-refractivity contribution in [2.24, 2.45) is 0 Å². The normalized spacial score (nSPS) is 22.7. The van der Waals surface area contributed by atoms with E-state index in [-0.39, 0.29) is 11.6 Å². The van der Waals surface area contributed by atoms with Crippen LogP contribution in [-0.2, 0) is 0 Å². The number of hydrogen-bond acceptors (Lipinski definition) is 4. The summed E-state index contributed by atoms with van der Waals surface area (Å²) in [6.07, 6.45) is 4.09. The Labute approximate surface area is 115 Å². The van der Waals surface area contributed by atoms with Crippen LogP contribution in [0.25, 0.3) is 0 Å². The molecule has 0 aromatic carbocycles. The van der Waals surface area contributed by atoms with Gasteiger partial charge < -0.3 is 14.8 Å². The average molecular weight is 264 g/mol. The first kappa shape index (κ1) is 14.1. The third kappa shape index (κ3) is 4.39. The second kappa shape index (κ2) is 5.78. The zero-order valence-corrected chi connectivity index (χ0v) is 12.3. The number of rotatable bonds is 5. The van der Waals surface area contributed by atoms with E-state index in [0.29, 0.717) is 18.5 Å². The minimum Gasteiger partial charge on any atom is -0.492 e. The van der Waals surface area contributed by atoms with Crippen LogP contribution in [0.15, 0.2) is 18.3 Å². The summed E-state index contributed by atoms with van der Waals surface area (Å²) in [5.41, 5.74) is 0.174. The van der Waals surface area contributed by atoms with Gasteiger partial charge in [-0.2, -0.15) is 0 Å². The number of pyridine rings is 1. The van der Waals surface area contributed by atoms with Crippen LogP contribution >= 0.6 is 0 Å². The van der Waals surface area contributed by atoms with Gasteiger partial charge in [0, 0.05) is 17.6 Å². The molecule has 4 heteroatoms. The lowest BCUT2D eigenvalue weighted by Gasteiger charge is -2.39. The monoisotopic (exact) mass is 264 g/mol. The molecule has 1 aromatic rings. The summed E-state index contributed by atoms with van der Waals surface area (Å²) in [6, 6.07) is 4.33. The zero-order valence-electron chi connectivity index (χ0n) is 12.3. The summed E-state index contributed by atoms with van der Waals surface area (Å²) >= 11 is 0. The lowest BCUT2D eigenvalue weighted by molar-refractivity contribution is 0.0693. The molecule has 1 saturated carbocycles. The molecule has 0 atom stereocenters. The molecule has 0 amide bonds. The fourth-order valence-electron chi connectivity index (χ4n) is 2.25. The Kier molecular flexibility index (Phi) is 4.30. The van der Waals surface area contributed by atoms with E-state index < -0.39 is 0 Å². The fraction of sp³-hybridized carbons (Fsp3) is 0.667. The van der Waals surface area contributed by atoms with Crippen LogP contribution in [0.3, 0.4) is 0 Å². The third-order valence-electron chi connectivity index (χ3n) is 3.04. The molecule has 1 aliphatic rings. The number of hydrogen-bond donors (Lipinski definition) is 1. The Hall–Kier alpha value is -1.29. The van der Waals surface area contributed by atoms with Crippen LogP contribution in [0.4, 0.5) is 0 Å². The van der Waals surface area contributed by atoms with Crippen molar-refractivity contribution < 1.29 is 9.47 Å². The quantitative estimate of drug-likeness (QED) is 0.888. The predicted molar refractivity (Wildman–Crippen MR) is 75.7 cm³/mol. The SMILES string of the molecule is CCOc1ccc(O[C@H]2C[C@H](NC(C)(C)C)C2)nc1. The van der Waals surface area contributed by atoms with Crippen LogP contribution < -0.4 is 14.8 Å². The van der Waals surface area contributed by atoms with Crippen molar-refractivity contribution in [2.75, 3.05) is 6.61 Å². The summed E-state index contributed by atoms with van der Waals surface area (Å²) in [6.45, 7) is 9.19. The van der Waals surface area contributed by atoms with Crippen LogP contribution in [-0.4, -0.2) is 29.3 Å². The topological polar surface area (TPSA) is 43.4 Å². The Morgan fingerprint density at radius 2 is 2.05 bits per heavy atom. The molecule has 1 heterocycles. The minimum atomic E-state index is 0.174. The molecule has 1 aliphatic carbocycles. The van der Waals surface area contributed by atoms with Gasteiger partial charge in [0.25, 0.3) is 0 Å². The Morgan fingerprint density at radius 1 is 1.32 bits per heavy atom. The predicted octanol–water partition coefficient (Wildman–Crippen LogP) is 2.78. The molecule has 106 valence electrons. The third-order valence-corrected chi connectivity index (χ3v) is 3.04. The van der Waals surface area contributed by atoms with Gasteiger partial charge in [0.1, 0.15) is 11.9 Å². The highest BCUT2D eigenvalue weighted by Gasteiger charge is 2.33. The summed E-state index contributed by atoms with van der Waals surface area (Å²) in [4.78, 5) is 4.25. The molecule has 0 aliphatic heterocycles. The molecule has 19 heavy (non-hydrogen) atoms. The van der Waals surface area contributed by atoms with E-state index in [1.165, 1.54) is 0 Å². The maximum Gasteiger partial charge on any atom is 0.213 e. The van der Waals surface area contributed by atoms with E-state index in [1.807, 2.05) is 19.1 Å². The van der Waals surface area contributed by atoms with E-state index in [0.717, 1.165) is 18.6 Å². The minimum absolute atomic E-state index is 0.174. The molecule has 2 rings (SSSR count). The smallest absolute Gasteiger partial charge is 0.213 e. The number of nitrogens with one attached hydrogen (secondary N) is 1. The molecular weight excluding hydrogens is 240 g/mol. The highest BCUT2D eigenvalue weighted by atomic mass is 16.5. The van der Waals surface area contributed by atoms with Gasteiger partial charge in [0.15, 0.2) is 0 Å². The Balaban J connectivity index is 1.75. The molecule has 0 unspecified atom stereocenters. The van der Waals surface area contributed by atoms with Crippen LogP contribution in [0.2, 0.25) is 0 Å². The van der Waals surface area contributed by atoms with Gasteiger partial charge in [-0.05, 0) is 46.6 Å².